The fourth-order valence-electron chi connectivity index (χ4n) is 2.48. The SMILES string of the molecule is NC(=O)N(N)c1cc(Cl)ccc1NC(=O)c1ccc2cc(Cl)ccc2c1. The van der Waals surface area contributed by atoms with Crippen molar-refractivity contribution in [3.8, 4) is 0 Å². The van der Waals surface area contributed by atoms with Crippen LogP contribution in [0.4, 0.5) is 16.2 Å². The van der Waals surface area contributed by atoms with E-state index in [2.05, 4.69) is 5.32 Å². The van der Waals surface area contributed by atoms with Crippen molar-refractivity contribution in [1.82, 2.24) is 0 Å². The number of hydrogen-bond acceptors (Lipinski definition) is 3. The van der Waals surface area contributed by atoms with Crippen molar-refractivity contribution < 1.29 is 9.59 Å². The Morgan fingerprint density at radius 2 is 1.50 bits per heavy atom. The fraction of sp³-hybridized carbons (Fsp3) is 0. The number of amides is 3. The third-order valence-electron chi connectivity index (χ3n) is 3.77. The first kappa shape index (κ1) is 18.0. The Labute approximate surface area is 159 Å². The third kappa shape index (κ3) is 3.72. The van der Waals surface area contributed by atoms with Crippen LogP contribution in [-0.2, 0) is 0 Å². The lowest BCUT2D eigenvalue weighted by molar-refractivity contribution is 0.102. The Hall–Kier alpha value is -2.80. The molecule has 132 valence electrons. The maximum absolute atomic E-state index is 12.6. The van der Waals surface area contributed by atoms with Crippen molar-refractivity contribution in [1.29, 1.82) is 0 Å². The second-order valence-electron chi connectivity index (χ2n) is 5.53. The zero-order chi connectivity index (χ0) is 18.8. The Kier molecular flexibility index (Phi) is 4.99. The summed E-state index contributed by atoms with van der Waals surface area (Å²) < 4.78 is 0. The largest absolute Gasteiger partial charge is 0.350 e. The lowest BCUT2D eigenvalue weighted by Gasteiger charge is -2.18. The highest BCUT2D eigenvalue weighted by atomic mass is 35.5. The van der Waals surface area contributed by atoms with Gasteiger partial charge in [-0.1, -0.05) is 35.3 Å². The van der Waals surface area contributed by atoms with E-state index in [1.165, 1.54) is 6.07 Å². The highest BCUT2D eigenvalue weighted by Gasteiger charge is 2.16. The molecule has 0 fully saturated rings. The van der Waals surface area contributed by atoms with E-state index in [9.17, 15) is 9.59 Å². The van der Waals surface area contributed by atoms with E-state index in [1.807, 2.05) is 12.1 Å². The summed E-state index contributed by atoms with van der Waals surface area (Å²) in [7, 11) is 0. The lowest BCUT2D eigenvalue weighted by atomic mass is 10.1. The molecular formula is C18H14Cl2N4O2. The van der Waals surface area contributed by atoms with Gasteiger partial charge in [-0.15, -0.1) is 0 Å². The molecule has 0 aromatic heterocycles. The number of hydrazine groups is 1. The van der Waals surface area contributed by atoms with Gasteiger partial charge in [0.2, 0.25) is 0 Å². The minimum atomic E-state index is -0.884. The van der Waals surface area contributed by atoms with Gasteiger partial charge in [0.1, 0.15) is 0 Å². The predicted molar refractivity (Wildman–Crippen MR) is 105 cm³/mol. The summed E-state index contributed by atoms with van der Waals surface area (Å²) in [5.41, 5.74) is 6.12. The van der Waals surface area contributed by atoms with Gasteiger partial charge in [0, 0.05) is 15.6 Å². The molecule has 0 aliphatic rings. The number of rotatable bonds is 3. The Morgan fingerprint density at radius 1 is 0.885 bits per heavy atom. The van der Waals surface area contributed by atoms with Crippen LogP contribution in [0.15, 0.2) is 54.6 Å². The number of hydrogen-bond donors (Lipinski definition) is 3. The zero-order valence-corrected chi connectivity index (χ0v) is 14.9. The molecule has 0 spiro atoms. The average molecular weight is 389 g/mol. The molecule has 0 aliphatic carbocycles. The molecule has 3 rings (SSSR count). The molecule has 3 aromatic rings. The monoisotopic (exact) mass is 388 g/mol. The van der Waals surface area contributed by atoms with Crippen LogP contribution in [0.25, 0.3) is 10.8 Å². The van der Waals surface area contributed by atoms with Gasteiger partial charge in [0.25, 0.3) is 5.91 Å². The molecule has 26 heavy (non-hydrogen) atoms. The number of urea groups is 1. The maximum atomic E-state index is 12.6. The van der Waals surface area contributed by atoms with E-state index in [0.717, 1.165) is 10.8 Å². The lowest BCUT2D eigenvalue weighted by Crippen LogP contribution is -2.42. The van der Waals surface area contributed by atoms with Crippen molar-refractivity contribution >= 4 is 57.3 Å². The second-order valence-corrected chi connectivity index (χ2v) is 6.40. The number of nitrogens with two attached hydrogens (primary N) is 2. The molecule has 3 aromatic carbocycles. The van der Waals surface area contributed by atoms with Crippen LogP contribution in [0, 0.1) is 0 Å². The molecule has 5 N–H and O–H groups in total. The van der Waals surface area contributed by atoms with Gasteiger partial charge in [-0.2, -0.15) is 0 Å². The predicted octanol–water partition coefficient (Wildman–Crippen LogP) is 4.16. The number of nitrogens with one attached hydrogen (secondary N) is 1. The molecule has 0 unspecified atom stereocenters. The van der Waals surface area contributed by atoms with E-state index in [1.54, 1.807) is 36.4 Å². The minimum Gasteiger partial charge on any atom is -0.350 e. The Morgan fingerprint density at radius 3 is 2.23 bits per heavy atom. The van der Waals surface area contributed by atoms with Crippen molar-refractivity contribution in [3.05, 3.63) is 70.2 Å². The standard InChI is InChI=1S/C18H14Cl2N4O2/c19-13-4-3-10-7-12(2-1-11(10)8-13)17(25)23-15-6-5-14(20)9-16(15)24(22)18(21)26/h1-9H,22H2,(H2,21,26)(H,23,25). The van der Waals surface area contributed by atoms with Crippen molar-refractivity contribution in [2.24, 2.45) is 11.6 Å². The number of benzene rings is 3. The van der Waals surface area contributed by atoms with Crippen LogP contribution >= 0.6 is 23.2 Å². The summed E-state index contributed by atoms with van der Waals surface area (Å²) in [6, 6.07) is 14.3. The fourth-order valence-corrected chi connectivity index (χ4v) is 2.83. The highest BCUT2D eigenvalue weighted by Crippen LogP contribution is 2.29. The van der Waals surface area contributed by atoms with E-state index < -0.39 is 6.03 Å². The maximum Gasteiger partial charge on any atom is 0.333 e. The van der Waals surface area contributed by atoms with Crippen molar-refractivity contribution in [2.75, 3.05) is 10.3 Å². The molecule has 3 amide bonds. The number of nitrogens with zero attached hydrogens (tertiary/aromatic N) is 1. The van der Waals surface area contributed by atoms with Gasteiger partial charge in [-0.25, -0.2) is 15.6 Å². The summed E-state index contributed by atoms with van der Waals surface area (Å²) in [5, 5.41) is 6.18. The Bertz CT molecular complexity index is 1020. The molecule has 0 bridgehead atoms. The molecule has 6 nitrogen and oxygen atoms in total. The number of fused-ring (bicyclic) bond motifs is 1. The summed E-state index contributed by atoms with van der Waals surface area (Å²) in [6.45, 7) is 0. The van der Waals surface area contributed by atoms with Gasteiger partial charge in [0.15, 0.2) is 0 Å². The molecule has 0 saturated carbocycles. The number of primary amides is 1. The van der Waals surface area contributed by atoms with E-state index in [4.69, 9.17) is 34.8 Å². The topological polar surface area (TPSA) is 101 Å². The number of anilines is 2. The molecule has 0 heterocycles. The van der Waals surface area contributed by atoms with Crippen molar-refractivity contribution in [2.45, 2.75) is 0 Å². The first-order valence-electron chi connectivity index (χ1n) is 7.49. The van der Waals surface area contributed by atoms with E-state index >= 15 is 0 Å². The van der Waals surface area contributed by atoms with Crippen LogP contribution in [0.3, 0.4) is 0 Å². The van der Waals surface area contributed by atoms with Gasteiger partial charge >= 0.3 is 6.03 Å². The normalized spacial score (nSPS) is 10.6. The van der Waals surface area contributed by atoms with Gasteiger partial charge in [-0.05, 0) is 53.2 Å². The molecular weight excluding hydrogens is 375 g/mol. The summed E-state index contributed by atoms with van der Waals surface area (Å²) in [4.78, 5) is 24.0. The van der Waals surface area contributed by atoms with Gasteiger partial charge < -0.3 is 11.1 Å². The highest BCUT2D eigenvalue weighted by molar-refractivity contribution is 6.31. The van der Waals surface area contributed by atoms with Crippen LogP contribution in [0.2, 0.25) is 10.0 Å². The van der Waals surface area contributed by atoms with Crippen LogP contribution < -0.4 is 21.9 Å². The number of carbonyl (C=O) groups excluding carboxylic acids is 2. The van der Waals surface area contributed by atoms with Gasteiger partial charge in [-0.3, -0.25) is 4.79 Å². The zero-order valence-electron chi connectivity index (χ0n) is 13.4. The van der Waals surface area contributed by atoms with E-state index in [0.29, 0.717) is 26.3 Å². The minimum absolute atomic E-state index is 0.186. The third-order valence-corrected chi connectivity index (χ3v) is 4.24. The van der Waals surface area contributed by atoms with Gasteiger partial charge in [0.05, 0.1) is 11.4 Å². The first-order valence-corrected chi connectivity index (χ1v) is 8.25. The first-order chi connectivity index (χ1) is 12.3. The number of carbonyl (C=O) groups is 2. The molecule has 0 saturated heterocycles. The second kappa shape index (κ2) is 7.21. The molecule has 0 aliphatic heterocycles. The summed E-state index contributed by atoms with van der Waals surface area (Å²) in [5.74, 6) is 5.27. The van der Waals surface area contributed by atoms with Crippen LogP contribution in [0.5, 0.6) is 0 Å². The van der Waals surface area contributed by atoms with E-state index in [-0.39, 0.29) is 11.6 Å². The summed E-state index contributed by atoms with van der Waals surface area (Å²) >= 11 is 11.9. The summed E-state index contributed by atoms with van der Waals surface area (Å²) in [6.07, 6.45) is 0. The number of halogens is 2. The molecule has 0 atom stereocenters. The Balaban J connectivity index is 1.93. The average Bonchev–Trinajstić information content (AvgIpc) is 2.61. The molecule has 0 radical (unpaired) electrons. The smallest absolute Gasteiger partial charge is 0.333 e. The quantitative estimate of drug-likeness (QED) is 0.356. The van der Waals surface area contributed by atoms with Crippen LogP contribution in [0.1, 0.15) is 10.4 Å². The van der Waals surface area contributed by atoms with Crippen LogP contribution in [-0.4, -0.2) is 11.9 Å². The molecule has 8 heteroatoms. The van der Waals surface area contributed by atoms with Crippen molar-refractivity contribution in [3.63, 3.8) is 0 Å².